The molecule has 0 saturated carbocycles. The maximum atomic E-state index is 5.99. The molecule has 0 aliphatic carbocycles. The Bertz CT molecular complexity index is 742. The van der Waals surface area contributed by atoms with Crippen molar-refractivity contribution in [2.24, 2.45) is 11.5 Å². The number of fused-ring (bicyclic) bond motifs is 1. The van der Waals surface area contributed by atoms with Gasteiger partial charge in [-0.05, 0) is 24.3 Å². The molecule has 3 aromatic heterocycles. The predicted octanol–water partition coefficient (Wildman–Crippen LogP) is 1.52. The molecule has 0 amide bonds. The molecule has 5 heteroatoms. The molecular formula is C16H17N5. The van der Waals surface area contributed by atoms with Crippen molar-refractivity contribution in [3.05, 3.63) is 54.7 Å². The van der Waals surface area contributed by atoms with Crippen molar-refractivity contribution in [3.63, 3.8) is 0 Å². The van der Waals surface area contributed by atoms with Gasteiger partial charge in [0.05, 0.1) is 11.4 Å². The van der Waals surface area contributed by atoms with Crippen molar-refractivity contribution >= 4 is 10.8 Å². The van der Waals surface area contributed by atoms with Crippen LogP contribution in [0.1, 0.15) is 5.69 Å². The van der Waals surface area contributed by atoms with Crippen LogP contribution < -0.4 is 11.5 Å². The summed E-state index contributed by atoms with van der Waals surface area (Å²) in [4.78, 5) is 13.0. The van der Waals surface area contributed by atoms with Gasteiger partial charge in [-0.25, -0.2) is 0 Å². The minimum absolute atomic E-state index is 0.0958. The smallest absolute Gasteiger partial charge is 0.0713 e. The molecular weight excluding hydrogens is 262 g/mol. The van der Waals surface area contributed by atoms with Crippen LogP contribution in [-0.4, -0.2) is 27.5 Å². The lowest BCUT2D eigenvalue weighted by molar-refractivity contribution is 0.671. The van der Waals surface area contributed by atoms with Gasteiger partial charge in [-0.15, -0.1) is 0 Å². The maximum absolute atomic E-state index is 5.99. The fraction of sp³-hybridized carbons (Fsp3) is 0.188. The van der Waals surface area contributed by atoms with E-state index in [0.717, 1.165) is 27.7 Å². The number of aromatic nitrogens is 3. The van der Waals surface area contributed by atoms with Gasteiger partial charge in [0.25, 0.3) is 0 Å². The van der Waals surface area contributed by atoms with Crippen LogP contribution in [0, 0.1) is 0 Å². The monoisotopic (exact) mass is 279 g/mol. The summed E-state index contributed by atoms with van der Waals surface area (Å²) in [6, 6.07) is 7.79. The number of nitrogens with zero attached hydrogens (tertiary/aromatic N) is 3. The van der Waals surface area contributed by atoms with E-state index < -0.39 is 0 Å². The van der Waals surface area contributed by atoms with Crippen molar-refractivity contribution in [2.75, 3.05) is 6.54 Å². The standard InChI is InChI=1S/C16H17N5/c17-9-13(18)8-16-14-3-6-20-10-12(14)7-15(21-16)11-1-4-19-5-2-11/h1-7,10,13H,8-9,17-18H2. The molecule has 3 aromatic rings. The zero-order chi connectivity index (χ0) is 14.7. The molecule has 1 atom stereocenters. The van der Waals surface area contributed by atoms with Crippen molar-refractivity contribution in [3.8, 4) is 11.3 Å². The Morgan fingerprint density at radius 3 is 2.57 bits per heavy atom. The number of rotatable bonds is 4. The van der Waals surface area contributed by atoms with E-state index >= 15 is 0 Å². The zero-order valence-corrected chi connectivity index (χ0v) is 11.6. The third-order valence-corrected chi connectivity index (χ3v) is 3.44. The van der Waals surface area contributed by atoms with Gasteiger partial charge in [-0.1, -0.05) is 0 Å². The molecule has 106 valence electrons. The Morgan fingerprint density at radius 2 is 1.81 bits per heavy atom. The Balaban J connectivity index is 2.15. The maximum Gasteiger partial charge on any atom is 0.0713 e. The highest BCUT2D eigenvalue weighted by Crippen LogP contribution is 2.24. The first kappa shape index (κ1) is 13.6. The van der Waals surface area contributed by atoms with Crippen LogP contribution in [0.5, 0.6) is 0 Å². The molecule has 3 rings (SSSR count). The van der Waals surface area contributed by atoms with Crippen LogP contribution in [0.4, 0.5) is 0 Å². The molecule has 4 N–H and O–H groups in total. The highest BCUT2D eigenvalue weighted by atomic mass is 14.8. The van der Waals surface area contributed by atoms with Gasteiger partial charge in [0, 0.05) is 60.1 Å². The molecule has 0 radical (unpaired) electrons. The minimum Gasteiger partial charge on any atom is -0.329 e. The van der Waals surface area contributed by atoms with Crippen molar-refractivity contribution < 1.29 is 0 Å². The summed E-state index contributed by atoms with van der Waals surface area (Å²) >= 11 is 0. The van der Waals surface area contributed by atoms with E-state index in [4.69, 9.17) is 16.5 Å². The van der Waals surface area contributed by atoms with Crippen LogP contribution in [0.2, 0.25) is 0 Å². The molecule has 1 unspecified atom stereocenters. The van der Waals surface area contributed by atoms with Crippen LogP contribution >= 0.6 is 0 Å². The lowest BCUT2D eigenvalue weighted by Gasteiger charge is -2.12. The fourth-order valence-corrected chi connectivity index (χ4v) is 2.33. The lowest BCUT2D eigenvalue weighted by atomic mass is 10.0. The first-order valence-electron chi connectivity index (χ1n) is 6.87. The Hall–Kier alpha value is -2.37. The minimum atomic E-state index is -0.0958. The lowest BCUT2D eigenvalue weighted by Crippen LogP contribution is -2.32. The molecule has 0 saturated heterocycles. The van der Waals surface area contributed by atoms with E-state index in [0.29, 0.717) is 13.0 Å². The van der Waals surface area contributed by atoms with Gasteiger partial charge < -0.3 is 11.5 Å². The largest absolute Gasteiger partial charge is 0.329 e. The first-order valence-corrected chi connectivity index (χ1v) is 6.87. The summed E-state index contributed by atoms with van der Waals surface area (Å²) in [5.41, 5.74) is 14.5. The van der Waals surface area contributed by atoms with Crippen molar-refractivity contribution in [1.82, 2.24) is 15.0 Å². The first-order chi connectivity index (χ1) is 10.3. The predicted molar refractivity (Wildman–Crippen MR) is 83.5 cm³/mol. The third kappa shape index (κ3) is 2.89. The zero-order valence-electron chi connectivity index (χ0n) is 11.6. The van der Waals surface area contributed by atoms with Crippen LogP contribution in [0.3, 0.4) is 0 Å². The number of nitrogens with two attached hydrogens (primary N) is 2. The second kappa shape index (κ2) is 5.95. The van der Waals surface area contributed by atoms with Crippen LogP contribution in [-0.2, 0) is 6.42 Å². The summed E-state index contributed by atoms with van der Waals surface area (Å²) < 4.78 is 0. The summed E-state index contributed by atoms with van der Waals surface area (Å²) in [6.07, 6.45) is 7.79. The van der Waals surface area contributed by atoms with Gasteiger partial charge in [0.2, 0.25) is 0 Å². The number of hydrogen-bond acceptors (Lipinski definition) is 5. The highest BCUT2D eigenvalue weighted by molar-refractivity contribution is 5.87. The molecule has 0 aromatic carbocycles. The number of hydrogen-bond donors (Lipinski definition) is 2. The molecule has 21 heavy (non-hydrogen) atoms. The van der Waals surface area contributed by atoms with E-state index in [2.05, 4.69) is 9.97 Å². The van der Waals surface area contributed by atoms with E-state index in [1.165, 1.54) is 0 Å². The van der Waals surface area contributed by atoms with E-state index in [1.54, 1.807) is 18.6 Å². The SMILES string of the molecule is NCC(N)Cc1nc(-c2ccncc2)cc2cnccc12. The Labute approximate surface area is 123 Å². The van der Waals surface area contributed by atoms with E-state index in [9.17, 15) is 0 Å². The molecule has 3 heterocycles. The topological polar surface area (TPSA) is 90.7 Å². The molecule has 0 bridgehead atoms. The van der Waals surface area contributed by atoms with Gasteiger partial charge in [-0.3, -0.25) is 15.0 Å². The summed E-state index contributed by atoms with van der Waals surface area (Å²) in [5.74, 6) is 0. The molecule has 5 nitrogen and oxygen atoms in total. The van der Waals surface area contributed by atoms with Crippen molar-refractivity contribution in [1.29, 1.82) is 0 Å². The second-order valence-electron chi connectivity index (χ2n) is 4.99. The molecule has 0 aliphatic rings. The summed E-state index contributed by atoms with van der Waals surface area (Å²) in [6.45, 7) is 0.438. The van der Waals surface area contributed by atoms with Crippen LogP contribution in [0.25, 0.3) is 22.0 Å². The van der Waals surface area contributed by atoms with E-state index in [1.807, 2.05) is 30.5 Å². The summed E-state index contributed by atoms with van der Waals surface area (Å²) in [5, 5.41) is 2.13. The van der Waals surface area contributed by atoms with Gasteiger partial charge in [0.1, 0.15) is 0 Å². The van der Waals surface area contributed by atoms with Gasteiger partial charge in [0.15, 0.2) is 0 Å². The Kier molecular flexibility index (Phi) is 3.85. The molecule has 0 aliphatic heterocycles. The molecule has 0 fully saturated rings. The van der Waals surface area contributed by atoms with Gasteiger partial charge in [-0.2, -0.15) is 0 Å². The van der Waals surface area contributed by atoms with Crippen molar-refractivity contribution in [2.45, 2.75) is 12.5 Å². The number of pyridine rings is 3. The molecule has 0 spiro atoms. The average Bonchev–Trinajstić information content (AvgIpc) is 2.55. The summed E-state index contributed by atoms with van der Waals surface area (Å²) in [7, 11) is 0. The second-order valence-corrected chi connectivity index (χ2v) is 4.99. The quantitative estimate of drug-likeness (QED) is 0.755. The fourth-order valence-electron chi connectivity index (χ4n) is 2.33. The van der Waals surface area contributed by atoms with E-state index in [-0.39, 0.29) is 6.04 Å². The van der Waals surface area contributed by atoms with Crippen LogP contribution in [0.15, 0.2) is 49.1 Å². The highest BCUT2D eigenvalue weighted by Gasteiger charge is 2.10. The average molecular weight is 279 g/mol. The Morgan fingerprint density at radius 1 is 1.05 bits per heavy atom. The van der Waals surface area contributed by atoms with Gasteiger partial charge >= 0.3 is 0 Å². The third-order valence-electron chi connectivity index (χ3n) is 3.44. The normalized spacial score (nSPS) is 12.5.